The van der Waals surface area contributed by atoms with Crippen LogP contribution in [0.2, 0.25) is 18.1 Å². The Hall–Kier alpha value is 0.657. The van der Waals surface area contributed by atoms with Crippen LogP contribution in [0.1, 0.15) is 40.2 Å². The molecule has 126 valence electrons. The number of hydrogen-bond acceptors (Lipinski definition) is 2. The molecule has 0 heterocycles. The van der Waals surface area contributed by atoms with E-state index in [4.69, 9.17) is 9.16 Å². The van der Waals surface area contributed by atoms with Crippen molar-refractivity contribution in [3.63, 3.8) is 0 Å². The summed E-state index contributed by atoms with van der Waals surface area (Å²) in [7, 11) is 0.00173. The third kappa shape index (κ3) is 4.83. The second kappa shape index (κ2) is 7.27. The molecule has 0 saturated heterocycles. The molecule has 0 aromatic heterocycles. The Labute approximate surface area is 164 Å². The number of halogens is 2. The fourth-order valence-electron chi connectivity index (χ4n) is 1.93. The summed E-state index contributed by atoms with van der Waals surface area (Å²) in [6.45, 7) is 16.6. The predicted octanol–water partition coefficient (Wildman–Crippen LogP) is 6.20. The van der Waals surface area contributed by atoms with Crippen LogP contribution in [0, 0.1) is 7.14 Å². The molecule has 0 aliphatic carbocycles. The SMILES string of the molecule is COc1c(I)cc(I)cc1C(C)(C)CO[Si](C)(C)C(C)(C)C. The minimum Gasteiger partial charge on any atom is -0.495 e. The first-order valence-corrected chi connectivity index (χ1v) is 12.6. The number of methoxy groups -OCH3 is 1. The lowest BCUT2D eigenvalue weighted by Gasteiger charge is -2.39. The van der Waals surface area contributed by atoms with Gasteiger partial charge >= 0.3 is 0 Å². The molecule has 0 radical (unpaired) electrons. The molecule has 22 heavy (non-hydrogen) atoms. The quantitative estimate of drug-likeness (QED) is 0.324. The lowest BCUT2D eigenvalue weighted by Crippen LogP contribution is -2.44. The number of rotatable bonds is 5. The third-order valence-electron chi connectivity index (χ3n) is 4.54. The molecule has 0 fully saturated rings. The molecule has 1 rings (SSSR count). The van der Waals surface area contributed by atoms with Gasteiger partial charge in [0, 0.05) is 21.2 Å². The van der Waals surface area contributed by atoms with Crippen molar-refractivity contribution in [2.45, 2.75) is 58.2 Å². The summed E-state index contributed by atoms with van der Waals surface area (Å²) in [4.78, 5) is 0. The minimum absolute atomic E-state index is 0.0814. The maximum absolute atomic E-state index is 6.47. The first-order valence-electron chi connectivity index (χ1n) is 7.49. The van der Waals surface area contributed by atoms with Crippen LogP contribution >= 0.6 is 45.2 Å². The van der Waals surface area contributed by atoms with Crippen LogP contribution in [0.4, 0.5) is 0 Å². The fourth-order valence-corrected chi connectivity index (χ4v) is 5.15. The van der Waals surface area contributed by atoms with Crippen LogP contribution in [0.15, 0.2) is 12.1 Å². The Morgan fingerprint density at radius 1 is 1.05 bits per heavy atom. The topological polar surface area (TPSA) is 18.5 Å². The summed E-state index contributed by atoms with van der Waals surface area (Å²) in [6.07, 6.45) is 0. The molecular formula is C17H28I2O2Si. The zero-order valence-electron chi connectivity index (χ0n) is 14.9. The van der Waals surface area contributed by atoms with Crippen molar-refractivity contribution in [3.05, 3.63) is 24.8 Å². The van der Waals surface area contributed by atoms with Crippen molar-refractivity contribution < 1.29 is 9.16 Å². The maximum Gasteiger partial charge on any atom is 0.192 e. The molecule has 5 heteroatoms. The highest BCUT2D eigenvalue weighted by molar-refractivity contribution is 14.1. The highest BCUT2D eigenvalue weighted by atomic mass is 127. The molecule has 0 aliphatic rings. The van der Waals surface area contributed by atoms with Gasteiger partial charge in [-0.05, 0) is 75.4 Å². The van der Waals surface area contributed by atoms with E-state index in [-0.39, 0.29) is 10.5 Å². The van der Waals surface area contributed by atoms with Crippen LogP contribution < -0.4 is 4.74 Å². The van der Waals surface area contributed by atoms with Gasteiger partial charge in [0.2, 0.25) is 0 Å². The van der Waals surface area contributed by atoms with E-state index in [1.165, 1.54) is 9.13 Å². The van der Waals surface area contributed by atoms with Gasteiger partial charge in [-0.3, -0.25) is 0 Å². The van der Waals surface area contributed by atoms with E-state index in [0.717, 1.165) is 15.9 Å². The largest absolute Gasteiger partial charge is 0.495 e. The summed E-state index contributed by atoms with van der Waals surface area (Å²) in [5.74, 6) is 0.977. The normalized spacial score (nSPS) is 13.4. The van der Waals surface area contributed by atoms with Gasteiger partial charge < -0.3 is 9.16 Å². The molecule has 0 N–H and O–H groups in total. The average molecular weight is 546 g/mol. The molecule has 2 nitrogen and oxygen atoms in total. The molecule has 0 atom stereocenters. The lowest BCUT2D eigenvalue weighted by molar-refractivity contribution is 0.216. The van der Waals surface area contributed by atoms with Crippen molar-refractivity contribution in [1.82, 2.24) is 0 Å². The van der Waals surface area contributed by atoms with Gasteiger partial charge in [0.05, 0.1) is 10.7 Å². The molecule has 0 bridgehead atoms. The van der Waals surface area contributed by atoms with Crippen molar-refractivity contribution in [2.24, 2.45) is 0 Å². The maximum atomic E-state index is 6.47. The predicted molar refractivity (Wildman–Crippen MR) is 115 cm³/mol. The summed E-state index contributed by atoms with van der Waals surface area (Å²) in [5, 5.41) is 0.229. The van der Waals surface area contributed by atoms with Gasteiger partial charge in [0.1, 0.15) is 5.75 Å². The van der Waals surface area contributed by atoms with E-state index in [2.05, 4.69) is 105 Å². The number of benzene rings is 1. The van der Waals surface area contributed by atoms with Crippen molar-refractivity contribution >= 4 is 53.5 Å². The first-order chi connectivity index (χ1) is 9.82. The van der Waals surface area contributed by atoms with Gasteiger partial charge in [-0.1, -0.05) is 34.6 Å². The zero-order valence-corrected chi connectivity index (χ0v) is 20.2. The number of hydrogen-bond donors (Lipinski definition) is 0. The van der Waals surface area contributed by atoms with E-state index in [1.54, 1.807) is 7.11 Å². The van der Waals surface area contributed by atoms with Crippen LogP contribution in [-0.4, -0.2) is 22.0 Å². The summed E-state index contributed by atoms with van der Waals surface area (Å²) >= 11 is 4.72. The van der Waals surface area contributed by atoms with Gasteiger partial charge in [0.25, 0.3) is 0 Å². The second-order valence-electron chi connectivity index (χ2n) is 7.90. The smallest absolute Gasteiger partial charge is 0.192 e. The standard InChI is InChI=1S/C17H28I2O2Si/c1-16(2,3)22(7,8)21-11-17(4,5)13-9-12(18)10-14(19)15(13)20-6/h9-10H,11H2,1-8H3. The molecular weight excluding hydrogens is 518 g/mol. The monoisotopic (exact) mass is 546 g/mol. The van der Waals surface area contributed by atoms with Gasteiger partial charge in [-0.15, -0.1) is 0 Å². The van der Waals surface area contributed by atoms with Gasteiger partial charge in [-0.25, -0.2) is 0 Å². The summed E-state index contributed by atoms with van der Waals surface area (Å²) in [5.41, 5.74) is 1.15. The van der Waals surface area contributed by atoms with Crippen molar-refractivity contribution in [2.75, 3.05) is 13.7 Å². The van der Waals surface area contributed by atoms with Crippen LogP contribution in [0.25, 0.3) is 0 Å². The Balaban J connectivity index is 3.10. The van der Waals surface area contributed by atoms with Crippen LogP contribution in [0.3, 0.4) is 0 Å². The fraction of sp³-hybridized carbons (Fsp3) is 0.647. The van der Waals surface area contributed by atoms with Crippen molar-refractivity contribution in [1.29, 1.82) is 0 Å². The first kappa shape index (κ1) is 20.7. The van der Waals surface area contributed by atoms with E-state index >= 15 is 0 Å². The Bertz CT molecular complexity index is 534. The number of ether oxygens (including phenoxy) is 1. The minimum atomic E-state index is -1.75. The summed E-state index contributed by atoms with van der Waals surface area (Å²) < 4.78 is 14.5. The zero-order chi connectivity index (χ0) is 17.3. The Morgan fingerprint density at radius 3 is 2.05 bits per heavy atom. The van der Waals surface area contributed by atoms with E-state index < -0.39 is 8.32 Å². The molecule has 1 aromatic carbocycles. The molecule has 1 aromatic rings. The van der Waals surface area contributed by atoms with Crippen molar-refractivity contribution in [3.8, 4) is 5.75 Å². The van der Waals surface area contributed by atoms with E-state index in [1.807, 2.05) is 0 Å². The molecule has 0 amide bonds. The molecule has 0 saturated carbocycles. The van der Waals surface area contributed by atoms with Crippen LogP contribution in [-0.2, 0) is 9.84 Å². The second-order valence-corrected chi connectivity index (χ2v) is 15.1. The van der Waals surface area contributed by atoms with Gasteiger partial charge in [0.15, 0.2) is 8.32 Å². The van der Waals surface area contributed by atoms with Gasteiger partial charge in [-0.2, -0.15) is 0 Å². The Morgan fingerprint density at radius 2 is 1.59 bits per heavy atom. The highest BCUT2D eigenvalue weighted by Gasteiger charge is 2.39. The average Bonchev–Trinajstić information content (AvgIpc) is 2.34. The lowest BCUT2D eigenvalue weighted by atomic mass is 9.85. The van der Waals surface area contributed by atoms with E-state index in [9.17, 15) is 0 Å². The van der Waals surface area contributed by atoms with E-state index in [0.29, 0.717) is 0 Å². The Kier molecular flexibility index (Phi) is 6.84. The molecule has 0 aliphatic heterocycles. The van der Waals surface area contributed by atoms with Crippen LogP contribution in [0.5, 0.6) is 5.75 Å². The highest BCUT2D eigenvalue weighted by Crippen LogP contribution is 2.40. The molecule has 0 spiro atoms. The molecule has 0 unspecified atom stereocenters. The third-order valence-corrected chi connectivity index (χ3v) is 10.4. The summed E-state index contributed by atoms with van der Waals surface area (Å²) in [6, 6.07) is 4.37.